The van der Waals surface area contributed by atoms with Gasteiger partial charge in [-0.1, -0.05) is 6.07 Å². The van der Waals surface area contributed by atoms with Gasteiger partial charge in [0.2, 0.25) is 0 Å². The van der Waals surface area contributed by atoms with Crippen molar-refractivity contribution in [3.63, 3.8) is 0 Å². The molecule has 0 unspecified atom stereocenters. The SMILES string of the molecule is C[C@@H](N)c1ccc(N(C)Cc2cnn(C)c2)nc1. The lowest BCUT2D eigenvalue weighted by Crippen LogP contribution is -2.17. The first-order valence-electron chi connectivity index (χ1n) is 5.96. The molecule has 0 saturated carbocycles. The Labute approximate surface area is 107 Å². The first-order chi connectivity index (χ1) is 8.56. The van der Waals surface area contributed by atoms with E-state index in [2.05, 4.69) is 15.0 Å². The summed E-state index contributed by atoms with van der Waals surface area (Å²) in [7, 11) is 3.93. The highest BCUT2D eigenvalue weighted by atomic mass is 15.2. The molecule has 2 heterocycles. The average molecular weight is 245 g/mol. The van der Waals surface area contributed by atoms with Crippen molar-refractivity contribution in [2.75, 3.05) is 11.9 Å². The van der Waals surface area contributed by atoms with E-state index in [-0.39, 0.29) is 6.04 Å². The van der Waals surface area contributed by atoms with Gasteiger partial charge >= 0.3 is 0 Å². The molecule has 0 amide bonds. The smallest absolute Gasteiger partial charge is 0.128 e. The van der Waals surface area contributed by atoms with Gasteiger partial charge in [-0.05, 0) is 18.6 Å². The van der Waals surface area contributed by atoms with Crippen LogP contribution in [0.25, 0.3) is 0 Å². The van der Waals surface area contributed by atoms with Gasteiger partial charge in [0.25, 0.3) is 0 Å². The topological polar surface area (TPSA) is 60.0 Å². The van der Waals surface area contributed by atoms with E-state index in [4.69, 9.17) is 5.73 Å². The van der Waals surface area contributed by atoms with Crippen molar-refractivity contribution in [2.24, 2.45) is 12.8 Å². The van der Waals surface area contributed by atoms with Crippen molar-refractivity contribution in [1.82, 2.24) is 14.8 Å². The van der Waals surface area contributed by atoms with Crippen molar-refractivity contribution in [1.29, 1.82) is 0 Å². The van der Waals surface area contributed by atoms with Gasteiger partial charge in [0.05, 0.1) is 6.20 Å². The highest BCUT2D eigenvalue weighted by Gasteiger charge is 2.06. The molecule has 18 heavy (non-hydrogen) atoms. The lowest BCUT2D eigenvalue weighted by atomic mass is 10.1. The molecule has 1 atom stereocenters. The minimum Gasteiger partial charge on any atom is -0.355 e. The summed E-state index contributed by atoms with van der Waals surface area (Å²) >= 11 is 0. The molecule has 0 aliphatic heterocycles. The molecule has 0 radical (unpaired) electrons. The highest BCUT2D eigenvalue weighted by Crippen LogP contribution is 2.15. The number of pyridine rings is 1. The third kappa shape index (κ3) is 2.87. The number of nitrogens with two attached hydrogens (primary N) is 1. The molecule has 2 aromatic rings. The fraction of sp³-hybridized carbons (Fsp3) is 0.385. The Hall–Kier alpha value is -1.88. The van der Waals surface area contributed by atoms with Crippen LogP contribution < -0.4 is 10.6 Å². The molecular formula is C13H19N5. The van der Waals surface area contributed by atoms with Crippen molar-refractivity contribution >= 4 is 5.82 Å². The molecule has 5 heteroatoms. The number of rotatable bonds is 4. The lowest BCUT2D eigenvalue weighted by molar-refractivity contribution is 0.766. The zero-order valence-corrected chi connectivity index (χ0v) is 11.0. The van der Waals surface area contributed by atoms with E-state index in [1.165, 1.54) is 0 Å². The van der Waals surface area contributed by atoms with Crippen molar-refractivity contribution in [3.8, 4) is 0 Å². The van der Waals surface area contributed by atoms with E-state index in [1.54, 1.807) is 4.68 Å². The maximum atomic E-state index is 5.80. The van der Waals surface area contributed by atoms with Gasteiger partial charge in [-0.3, -0.25) is 4.68 Å². The molecule has 2 rings (SSSR count). The predicted octanol–water partition coefficient (Wildman–Crippen LogP) is 1.47. The molecule has 0 fully saturated rings. The van der Waals surface area contributed by atoms with Crippen molar-refractivity contribution in [3.05, 3.63) is 41.9 Å². The standard InChI is InChI=1S/C13H19N5/c1-10(14)12-4-5-13(15-7-12)17(2)8-11-6-16-18(3)9-11/h4-7,9-10H,8,14H2,1-3H3/t10-/m1/s1. The molecule has 2 aromatic heterocycles. The number of nitrogens with zero attached hydrogens (tertiary/aromatic N) is 4. The largest absolute Gasteiger partial charge is 0.355 e. The number of aromatic nitrogens is 3. The maximum absolute atomic E-state index is 5.80. The monoisotopic (exact) mass is 245 g/mol. The van der Waals surface area contributed by atoms with Gasteiger partial charge in [0.1, 0.15) is 5.82 Å². The van der Waals surface area contributed by atoms with Gasteiger partial charge in [0.15, 0.2) is 0 Å². The molecule has 0 bridgehead atoms. The van der Waals surface area contributed by atoms with Crippen LogP contribution in [-0.2, 0) is 13.6 Å². The second-order valence-corrected chi connectivity index (χ2v) is 4.62. The summed E-state index contributed by atoms with van der Waals surface area (Å²) in [4.78, 5) is 6.51. The fourth-order valence-electron chi connectivity index (χ4n) is 1.80. The summed E-state index contributed by atoms with van der Waals surface area (Å²) in [5, 5.41) is 4.15. The molecule has 0 saturated heterocycles. The Morgan fingerprint density at radius 1 is 1.39 bits per heavy atom. The van der Waals surface area contributed by atoms with Crippen LogP contribution >= 0.6 is 0 Å². The third-order valence-corrected chi connectivity index (χ3v) is 2.87. The Morgan fingerprint density at radius 3 is 2.67 bits per heavy atom. The van der Waals surface area contributed by atoms with Crippen LogP contribution in [0.1, 0.15) is 24.1 Å². The Morgan fingerprint density at radius 2 is 2.17 bits per heavy atom. The minimum absolute atomic E-state index is 0.0233. The molecule has 0 aliphatic rings. The molecule has 0 spiro atoms. The van der Waals surface area contributed by atoms with E-state index in [0.29, 0.717) is 0 Å². The maximum Gasteiger partial charge on any atom is 0.128 e. The molecule has 2 N–H and O–H groups in total. The van der Waals surface area contributed by atoms with E-state index in [9.17, 15) is 0 Å². The third-order valence-electron chi connectivity index (χ3n) is 2.87. The average Bonchev–Trinajstić information content (AvgIpc) is 2.75. The van der Waals surface area contributed by atoms with Crippen molar-refractivity contribution in [2.45, 2.75) is 19.5 Å². The first kappa shape index (κ1) is 12.6. The number of hydrogen-bond acceptors (Lipinski definition) is 4. The van der Waals surface area contributed by atoms with Crippen LogP contribution in [0.15, 0.2) is 30.7 Å². The van der Waals surface area contributed by atoms with Gasteiger partial charge in [-0.25, -0.2) is 4.98 Å². The van der Waals surface area contributed by atoms with Crippen LogP contribution in [0.4, 0.5) is 5.82 Å². The number of anilines is 1. The molecular weight excluding hydrogens is 226 g/mol. The second-order valence-electron chi connectivity index (χ2n) is 4.62. The van der Waals surface area contributed by atoms with Gasteiger partial charge in [0, 0.05) is 44.6 Å². The molecule has 96 valence electrons. The van der Waals surface area contributed by atoms with Crippen LogP contribution in [0.3, 0.4) is 0 Å². The fourth-order valence-corrected chi connectivity index (χ4v) is 1.80. The van der Waals surface area contributed by atoms with Gasteiger partial charge < -0.3 is 10.6 Å². The van der Waals surface area contributed by atoms with Crippen LogP contribution in [-0.4, -0.2) is 21.8 Å². The minimum atomic E-state index is 0.0233. The van der Waals surface area contributed by atoms with E-state index in [0.717, 1.165) is 23.5 Å². The van der Waals surface area contributed by atoms with Crippen LogP contribution in [0, 0.1) is 0 Å². The van der Waals surface area contributed by atoms with E-state index >= 15 is 0 Å². The normalized spacial score (nSPS) is 12.4. The zero-order chi connectivity index (χ0) is 13.1. The quantitative estimate of drug-likeness (QED) is 0.886. The lowest BCUT2D eigenvalue weighted by Gasteiger charge is -2.17. The summed E-state index contributed by atoms with van der Waals surface area (Å²) in [6.45, 7) is 2.74. The summed E-state index contributed by atoms with van der Waals surface area (Å²) < 4.78 is 1.80. The summed E-state index contributed by atoms with van der Waals surface area (Å²) in [5.41, 5.74) is 8.02. The first-order valence-corrected chi connectivity index (χ1v) is 5.96. The summed E-state index contributed by atoms with van der Waals surface area (Å²) in [5.74, 6) is 0.934. The Bertz CT molecular complexity index is 500. The van der Waals surface area contributed by atoms with Crippen LogP contribution in [0.5, 0.6) is 0 Å². The summed E-state index contributed by atoms with van der Waals surface area (Å²) in [6.07, 6.45) is 5.71. The van der Waals surface area contributed by atoms with E-state index in [1.807, 2.05) is 51.7 Å². The number of aryl methyl sites for hydroxylation is 1. The van der Waals surface area contributed by atoms with E-state index < -0.39 is 0 Å². The predicted molar refractivity (Wildman–Crippen MR) is 72.2 cm³/mol. The zero-order valence-electron chi connectivity index (χ0n) is 11.0. The molecule has 0 aliphatic carbocycles. The van der Waals surface area contributed by atoms with Crippen LogP contribution in [0.2, 0.25) is 0 Å². The number of hydrogen-bond donors (Lipinski definition) is 1. The van der Waals surface area contributed by atoms with Crippen molar-refractivity contribution < 1.29 is 0 Å². The van der Waals surface area contributed by atoms with Gasteiger partial charge in [-0.2, -0.15) is 5.10 Å². The molecule has 0 aromatic carbocycles. The highest BCUT2D eigenvalue weighted by molar-refractivity contribution is 5.39. The van der Waals surface area contributed by atoms with Gasteiger partial charge in [-0.15, -0.1) is 0 Å². The summed E-state index contributed by atoms with van der Waals surface area (Å²) in [6, 6.07) is 4.04. The second kappa shape index (κ2) is 5.18. The Kier molecular flexibility index (Phi) is 3.62. The Balaban J connectivity index is 2.06. The molecule has 5 nitrogen and oxygen atoms in total.